The summed E-state index contributed by atoms with van der Waals surface area (Å²) in [5.74, 6) is -0.956. The van der Waals surface area contributed by atoms with Gasteiger partial charge in [0.15, 0.2) is 14.7 Å². The summed E-state index contributed by atoms with van der Waals surface area (Å²) >= 11 is 1.05. The first-order valence-electron chi connectivity index (χ1n) is 4.99. The zero-order valence-electron chi connectivity index (χ0n) is 9.54. The Kier molecular flexibility index (Phi) is 4.53. The normalized spacial score (nSPS) is 11.7. The Balaban J connectivity index is 2.58. The van der Waals surface area contributed by atoms with Crippen LogP contribution in [0.3, 0.4) is 0 Å². The summed E-state index contributed by atoms with van der Waals surface area (Å²) in [5, 5.41) is 9.96. The van der Waals surface area contributed by atoms with Crippen LogP contribution in [0.1, 0.15) is 23.5 Å². The number of hydrogen-bond donors (Lipinski definition) is 1. The first-order valence-corrected chi connectivity index (χ1v) is 7.59. The molecule has 0 spiro atoms. The lowest BCUT2D eigenvalue weighted by molar-refractivity contribution is 0.0698. The van der Waals surface area contributed by atoms with Crippen molar-refractivity contribution in [3.05, 3.63) is 16.3 Å². The summed E-state index contributed by atoms with van der Waals surface area (Å²) in [4.78, 5) is 10.9. The van der Waals surface area contributed by atoms with Gasteiger partial charge in [-0.1, -0.05) is 0 Å². The average Bonchev–Trinajstić information content (AvgIpc) is 2.65. The summed E-state index contributed by atoms with van der Waals surface area (Å²) in [6.07, 6.45) is 0. The molecule has 1 heterocycles. The lowest BCUT2D eigenvalue weighted by atomic mass is 10.4. The summed E-state index contributed by atoms with van der Waals surface area (Å²) in [5.41, 5.74) is 0. The van der Waals surface area contributed by atoms with Gasteiger partial charge in [-0.2, -0.15) is 0 Å². The molecule has 0 saturated carbocycles. The van der Waals surface area contributed by atoms with Gasteiger partial charge in [-0.3, -0.25) is 0 Å². The van der Waals surface area contributed by atoms with Crippen molar-refractivity contribution >= 4 is 27.1 Å². The molecule has 0 bridgehead atoms. The zero-order valence-corrected chi connectivity index (χ0v) is 11.2. The second-order valence-corrected chi connectivity index (χ2v) is 7.28. The molecular formula is C10H14O5S2. The molecular weight excluding hydrogens is 264 g/mol. The quantitative estimate of drug-likeness (QED) is 0.855. The zero-order chi connectivity index (χ0) is 13.1. The van der Waals surface area contributed by atoms with Gasteiger partial charge < -0.3 is 9.84 Å². The maximum absolute atomic E-state index is 11.5. The largest absolute Gasteiger partial charge is 0.491 e. The van der Waals surface area contributed by atoms with Gasteiger partial charge in [-0.05, 0) is 25.3 Å². The van der Waals surface area contributed by atoms with E-state index in [2.05, 4.69) is 0 Å². The van der Waals surface area contributed by atoms with E-state index in [1.54, 1.807) is 19.2 Å². The Morgan fingerprint density at radius 2 is 2.18 bits per heavy atom. The molecule has 1 N–H and O–H groups in total. The molecule has 0 aliphatic rings. The van der Waals surface area contributed by atoms with Crippen molar-refractivity contribution in [2.45, 2.75) is 19.1 Å². The van der Waals surface area contributed by atoms with Crippen LogP contribution in [0.15, 0.2) is 11.4 Å². The van der Waals surface area contributed by atoms with E-state index in [-0.39, 0.29) is 23.0 Å². The molecule has 1 aromatic heterocycles. The molecule has 0 saturated heterocycles. The van der Waals surface area contributed by atoms with Crippen LogP contribution < -0.4 is 4.74 Å². The molecule has 0 amide bonds. The van der Waals surface area contributed by atoms with Crippen LogP contribution in [0.2, 0.25) is 0 Å². The SMILES string of the molecule is CC(C)S(=O)(=O)CCOc1ccsc1C(=O)O. The number of sulfone groups is 1. The molecule has 0 aliphatic heterocycles. The van der Waals surface area contributed by atoms with E-state index in [1.165, 1.54) is 6.07 Å². The number of carboxylic acids is 1. The predicted octanol–water partition coefficient (Wildman–Crippen LogP) is 1.65. The van der Waals surface area contributed by atoms with Gasteiger partial charge in [0.1, 0.15) is 12.4 Å². The van der Waals surface area contributed by atoms with Crippen molar-refractivity contribution in [2.24, 2.45) is 0 Å². The van der Waals surface area contributed by atoms with E-state index < -0.39 is 21.1 Å². The van der Waals surface area contributed by atoms with E-state index in [9.17, 15) is 13.2 Å². The molecule has 1 aromatic rings. The Labute approximate surface area is 104 Å². The summed E-state index contributed by atoms with van der Waals surface area (Å²) in [6, 6.07) is 1.52. The summed E-state index contributed by atoms with van der Waals surface area (Å²) in [7, 11) is -3.15. The van der Waals surface area contributed by atoms with Crippen LogP contribution in [-0.2, 0) is 9.84 Å². The van der Waals surface area contributed by atoms with Gasteiger partial charge in [0.25, 0.3) is 0 Å². The van der Waals surface area contributed by atoms with Crippen LogP contribution in [0.25, 0.3) is 0 Å². The molecule has 1 rings (SSSR count). The average molecular weight is 278 g/mol. The van der Waals surface area contributed by atoms with E-state index in [1.807, 2.05) is 0 Å². The lowest BCUT2D eigenvalue weighted by Gasteiger charge is -2.08. The molecule has 17 heavy (non-hydrogen) atoms. The van der Waals surface area contributed by atoms with Gasteiger partial charge in [-0.25, -0.2) is 13.2 Å². The number of carboxylic acid groups (broad SMARTS) is 1. The molecule has 0 aliphatic carbocycles. The maximum Gasteiger partial charge on any atom is 0.349 e. The number of carbonyl (C=O) groups is 1. The number of aromatic carboxylic acids is 1. The van der Waals surface area contributed by atoms with E-state index in [0.29, 0.717) is 0 Å². The van der Waals surface area contributed by atoms with Crippen molar-refractivity contribution in [2.75, 3.05) is 12.4 Å². The van der Waals surface area contributed by atoms with Gasteiger partial charge >= 0.3 is 5.97 Å². The highest BCUT2D eigenvalue weighted by Crippen LogP contribution is 2.24. The molecule has 0 fully saturated rings. The number of hydrogen-bond acceptors (Lipinski definition) is 5. The van der Waals surface area contributed by atoms with Crippen molar-refractivity contribution in [3.8, 4) is 5.75 Å². The third-order valence-electron chi connectivity index (χ3n) is 2.17. The highest BCUT2D eigenvalue weighted by molar-refractivity contribution is 7.91. The third kappa shape index (κ3) is 3.71. The standard InChI is InChI=1S/C10H14O5S2/c1-7(2)17(13,14)6-4-15-8-3-5-16-9(8)10(11)12/h3,5,7H,4,6H2,1-2H3,(H,11,12). The lowest BCUT2D eigenvalue weighted by Crippen LogP contribution is -2.22. The fourth-order valence-electron chi connectivity index (χ4n) is 1.07. The van der Waals surface area contributed by atoms with Crippen molar-refractivity contribution < 1.29 is 23.1 Å². The van der Waals surface area contributed by atoms with Gasteiger partial charge in [0.05, 0.1) is 11.0 Å². The van der Waals surface area contributed by atoms with Gasteiger partial charge in [-0.15, -0.1) is 11.3 Å². The summed E-state index contributed by atoms with van der Waals surface area (Å²) < 4.78 is 28.1. The van der Waals surface area contributed by atoms with Crippen molar-refractivity contribution in [3.63, 3.8) is 0 Å². The van der Waals surface area contributed by atoms with Crippen LogP contribution in [0, 0.1) is 0 Å². The van der Waals surface area contributed by atoms with Crippen LogP contribution in [0.4, 0.5) is 0 Å². The van der Waals surface area contributed by atoms with Crippen LogP contribution >= 0.6 is 11.3 Å². The van der Waals surface area contributed by atoms with E-state index in [0.717, 1.165) is 11.3 Å². The monoisotopic (exact) mass is 278 g/mol. The van der Waals surface area contributed by atoms with Crippen LogP contribution in [0.5, 0.6) is 5.75 Å². The predicted molar refractivity (Wildman–Crippen MR) is 65.7 cm³/mol. The second kappa shape index (κ2) is 5.50. The minimum absolute atomic E-state index is 0.0302. The van der Waals surface area contributed by atoms with Gasteiger partial charge in [0.2, 0.25) is 0 Å². The fourth-order valence-corrected chi connectivity index (χ4v) is 2.53. The van der Waals surface area contributed by atoms with Crippen LogP contribution in [-0.4, -0.2) is 37.1 Å². The Morgan fingerprint density at radius 1 is 1.53 bits per heavy atom. The molecule has 7 heteroatoms. The third-order valence-corrected chi connectivity index (χ3v) is 5.22. The van der Waals surface area contributed by atoms with Crippen molar-refractivity contribution in [1.82, 2.24) is 0 Å². The van der Waals surface area contributed by atoms with E-state index in [4.69, 9.17) is 9.84 Å². The minimum atomic E-state index is -3.15. The maximum atomic E-state index is 11.5. The molecule has 5 nitrogen and oxygen atoms in total. The summed E-state index contributed by atoms with van der Waals surface area (Å²) in [6.45, 7) is 3.17. The second-order valence-electron chi connectivity index (χ2n) is 3.68. The minimum Gasteiger partial charge on any atom is -0.491 e. The Hall–Kier alpha value is -1.08. The highest BCUT2D eigenvalue weighted by atomic mass is 32.2. The molecule has 0 radical (unpaired) electrons. The number of rotatable bonds is 6. The molecule has 96 valence electrons. The van der Waals surface area contributed by atoms with Gasteiger partial charge in [0, 0.05) is 0 Å². The number of thiophene rings is 1. The smallest absolute Gasteiger partial charge is 0.349 e. The number of ether oxygens (including phenoxy) is 1. The fraction of sp³-hybridized carbons (Fsp3) is 0.500. The molecule has 0 unspecified atom stereocenters. The van der Waals surface area contributed by atoms with Crippen molar-refractivity contribution in [1.29, 1.82) is 0 Å². The Bertz CT molecular complexity index is 487. The molecule has 0 aromatic carbocycles. The topological polar surface area (TPSA) is 80.7 Å². The first kappa shape index (κ1) is 14.0. The van der Waals surface area contributed by atoms with E-state index >= 15 is 0 Å². The Morgan fingerprint density at radius 3 is 2.71 bits per heavy atom. The first-order chi connectivity index (χ1) is 7.84. The highest BCUT2D eigenvalue weighted by Gasteiger charge is 2.17. The molecule has 0 atom stereocenters.